The normalized spacial score (nSPS) is 18.9. The zero-order valence-corrected chi connectivity index (χ0v) is 15.1. The van der Waals surface area contributed by atoms with Crippen LogP contribution in [0.2, 0.25) is 0 Å². The van der Waals surface area contributed by atoms with Gasteiger partial charge in [-0.15, -0.1) is 0 Å². The number of hydrogen-bond donors (Lipinski definition) is 2. The van der Waals surface area contributed by atoms with E-state index in [1.165, 1.54) is 18.2 Å². The molecule has 3 N–H and O–H groups in total. The lowest BCUT2D eigenvalue weighted by atomic mass is 9.88. The number of aliphatic imine (C=N–C) groups is 1. The van der Waals surface area contributed by atoms with Crippen molar-refractivity contribution in [3.63, 3.8) is 0 Å². The molecule has 0 bridgehead atoms. The van der Waals surface area contributed by atoms with Crippen LogP contribution in [-0.2, 0) is 6.42 Å². The van der Waals surface area contributed by atoms with Gasteiger partial charge in [0.25, 0.3) is 0 Å². The fraction of sp³-hybridized carbons (Fsp3) is 0.526. The number of nitrogens with one attached hydrogen (secondary N) is 1. The molecule has 1 aromatic carbocycles. The number of alkyl halides is 3. The van der Waals surface area contributed by atoms with Crippen molar-refractivity contribution < 1.29 is 17.6 Å². The summed E-state index contributed by atoms with van der Waals surface area (Å²) in [6, 6.07) is 3.94. The Balaban J connectivity index is 0.00000117. The summed E-state index contributed by atoms with van der Waals surface area (Å²) < 4.78 is 54.2. The molecule has 2 aliphatic rings. The SMILES string of the molecule is CC.N/C(=C(\C1=Nc2ccc(F)cc2CC1)C(F)(F)F)C1CCNCC1. The molecule has 0 unspecified atom stereocenters. The highest BCUT2D eigenvalue weighted by molar-refractivity contribution is 6.04. The second-order valence-corrected chi connectivity index (χ2v) is 6.18. The number of benzene rings is 1. The van der Waals surface area contributed by atoms with Gasteiger partial charge in [0.15, 0.2) is 0 Å². The largest absolute Gasteiger partial charge is 0.419 e. The van der Waals surface area contributed by atoms with E-state index in [1.807, 2.05) is 13.8 Å². The third-order valence-electron chi connectivity index (χ3n) is 4.57. The maximum Gasteiger partial charge on any atom is 0.419 e. The van der Waals surface area contributed by atoms with Crippen molar-refractivity contribution in [2.24, 2.45) is 16.6 Å². The van der Waals surface area contributed by atoms with E-state index in [4.69, 9.17) is 5.73 Å². The van der Waals surface area contributed by atoms with Crippen molar-refractivity contribution in [1.82, 2.24) is 5.32 Å². The van der Waals surface area contributed by atoms with Gasteiger partial charge in [-0.3, -0.25) is 4.99 Å². The van der Waals surface area contributed by atoms with Crippen LogP contribution in [0.1, 0.15) is 38.7 Å². The molecule has 26 heavy (non-hydrogen) atoms. The van der Waals surface area contributed by atoms with Crippen LogP contribution in [-0.4, -0.2) is 25.0 Å². The first-order chi connectivity index (χ1) is 12.4. The minimum absolute atomic E-state index is 0.0439. The number of piperidine rings is 1. The predicted molar refractivity (Wildman–Crippen MR) is 96.0 cm³/mol. The lowest BCUT2D eigenvalue weighted by molar-refractivity contribution is -0.0876. The highest BCUT2D eigenvalue weighted by Gasteiger charge is 2.41. The number of halogens is 4. The van der Waals surface area contributed by atoms with Gasteiger partial charge in [-0.2, -0.15) is 13.2 Å². The topological polar surface area (TPSA) is 50.4 Å². The molecule has 144 valence electrons. The monoisotopic (exact) mass is 371 g/mol. The van der Waals surface area contributed by atoms with E-state index in [2.05, 4.69) is 10.3 Å². The zero-order valence-electron chi connectivity index (χ0n) is 15.1. The van der Waals surface area contributed by atoms with Crippen molar-refractivity contribution in [2.45, 2.75) is 45.7 Å². The Kier molecular flexibility index (Phi) is 6.81. The third-order valence-corrected chi connectivity index (χ3v) is 4.57. The minimum Gasteiger partial charge on any atom is -0.401 e. The second-order valence-electron chi connectivity index (χ2n) is 6.18. The molecule has 2 aliphatic heterocycles. The lowest BCUT2D eigenvalue weighted by Gasteiger charge is -2.27. The van der Waals surface area contributed by atoms with Crippen LogP contribution in [0.3, 0.4) is 0 Å². The van der Waals surface area contributed by atoms with Crippen LogP contribution in [0, 0.1) is 11.7 Å². The van der Waals surface area contributed by atoms with E-state index < -0.39 is 17.6 Å². The van der Waals surface area contributed by atoms with Crippen LogP contribution in [0.4, 0.5) is 23.2 Å². The fourth-order valence-electron chi connectivity index (χ4n) is 3.33. The summed E-state index contributed by atoms with van der Waals surface area (Å²) in [5.41, 5.74) is 5.99. The molecular formula is C19H25F4N3. The van der Waals surface area contributed by atoms with Crippen molar-refractivity contribution >= 4 is 11.4 Å². The van der Waals surface area contributed by atoms with E-state index in [9.17, 15) is 17.6 Å². The smallest absolute Gasteiger partial charge is 0.401 e. The Labute approximate surface area is 151 Å². The molecule has 0 saturated carbocycles. The molecule has 7 heteroatoms. The summed E-state index contributed by atoms with van der Waals surface area (Å²) in [5.74, 6) is -0.701. The summed E-state index contributed by atoms with van der Waals surface area (Å²) in [6.07, 6.45) is -2.95. The molecule has 0 spiro atoms. The van der Waals surface area contributed by atoms with Crippen molar-refractivity contribution in [3.05, 3.63) is 40.8 Å². The van der Waals surface area contributed by atoms with Gasteiger partial charge in [0.2, 0.25) is 0 Å². The highest BCUT2D eigenvalue weighted by atomic mass is 19.4. The number of aryl methyl sites for hydroxylation is 1. The molecule has 3 rings (SSSR count). The molecule has 0 radical (unpaired) electrons. The quantitative estimate of drug-likeness (QED) is 0.744. The summed E-state index contributed by atoms with van der Waals surface area (Å²) in [6.45, 7) is 5.32. The van der Waals surface area contributed by atoms with Gasteiger partial charge in [0, 0.05) is 11.6 Å². The average molecular weight is 371 g/mol. The number of nitrogens with two attached hydrogens (primary N) is 1. The lowest BCUT2D eigenvalue weighted by Crippen LogP contribution is -2.34. The molecule has 2 heterocycles. The van der Waals surface area contributed by atoms with Crippen LogP contribution >= 0.6 is 0 Å². The van der Waals surface area contributed by atoms with E-state index in [0.29, 0.717) is 43.6 Å². The Morgan fingerprint density at radius 1 is 1.15 bits per heavy atom. The predicted octanol–water partition coefficient (Wildman–Crippen LogP) is 4.65. The molecule has 1 fully saturated rings. The summed E-state index contributed by atoms with van der Waals surface area (Å²) in [4.78, 5) is 4.15. The van der Waals surface area contributed by atoms with E-state index >= 15 is 0 Å². The molecule has 0 aromatic heterocycles. The van der Waals surface area contributed by atoms with E-state index in [1.54, 1.807) is 0 Å². The molecule has 1 aromatic rings. The first-order valence-corrected chi connectivity index (χ1v) is 9.00. The number of fused-ring (bicyclic) bond motifs is 1. The average Bonchev–Trinajstić information content (AvgIpc) is 2.63. The molecule has 0 aliphatic carbocycles. The Bertz CT molecular complexity index is 687. The Morgan fingerprint density at radius 3 is 2.42 bits per heavy atom. The number of nitrogens with zero attached hydrogens (tertiary/aromatic N) is 1. The van der Waals surface area contributed by atoms with E-state index in [-0.39, 0.29) is 23.7 Å². The van der Waals surface area contributed by atoms with Gasteiger partial charge >= 0.3 is 6.18 Å². The molecule has 1 saturated heterocycles. The number of allylic oxidation sites excluding steroid dienone is 2. The fourth-order valence-corrected chi connectivity index (χ4v) is 3.33. The molecular weight excluding hydrogens is 346 g/mol. The van der Waals surface area contributed by atoms with Crippen LogP contribution in [0.25, 0.3) is 0 Å². The highest BCUT2D eigenvalue weighted by Crippen LogP contribution is 2.37. The first-order valence-electron chi connectivity index (χ1n) is 9.00. The van der Waals surface area contributed by atoms with Gasteiger partial charge in [-0.1, -0.05) is 13.8 Å². The summed E-state index contributed by atoms with van der Waals surface area (Å²) >= 11 is 0. The Morgan fingerprint density at radius 2 is 1.81 bits per heavy atom. The van der Waals surface area contributed by atoms with Gasteiger partial charge in [0.05, 0.1) is 17.0 Å². The number of hydrogen-bond acceptors (Lipinski definition) is 3. The van der Waals surface area contributed by atoms with Gasteiger partial charge in [-0.25, -0.2) is 4.39 Å². The van der Waals surface area contributed by atoms with E-state index in [0.717, 1.165) is 0 Å². The van der Waals surface area contributed by atoms with Crippen molar-refractivity contribution in [2.75, 3.05) is 13.1 Å². The van der Waals surface area contributed by atoms with Crippen molar-refractivity contribution in [3.8, 4) is 0 Å². The van der Waals surface area contributed by atoms with Gasteiger partial charge < -0.3 is 11.1 Å². The maximum absolute atomic E-state index is 13.7. The molecule has 0 atom stereocenters. The van der Waals surface area contributed by atoms with Gasteiger partial charge in [-0.05, 0) is 62.5 Å². The van der Waals surface area contributed by atoms with Gasteiger partial charge in [0.1, 0.15) is 5.82 Å². The van der Waals surface area contributed by atoms with Crippen LogP contribution < -0.4 is 11.1 Å². The number of rotatable bonds is 2. The minimum atomic E-state index is -4.55. The maximum atomic E-state index is 13.7. The summed E-state index contributed by atoms with van der Waals surface area (Å²) in [5, 5.41) is 3.12. The van der Waals surface area contributed by atoms with Crippen molar-refractivity contribution in [1.29, 1.82) is 0 Å². The third kappa shape index (κ3) is 4.63. The summed E-state index contributed by atoms with van der Waals surface area (Å²) in [7, 11) is 0. The molecule has 0 amide bonds. The molecule has 3 nitrogen and oxygen atoms in total. The first kappa shape index (κ1) is 20.4. The zero-order chi connectivity index (χ0) is 19.3. The van der Waals surface area contributed by atoms with Crippen LogP contribution in [0.15, 0.2) is 34.5 Å². The standard InChI is InChI=1S/C17H19F4N3.C2H6/c18-12-2-4-13-11(9-12)1-3-14(24-13)15(17(19,20)21)16(22)10-5-7-23-8-6-10;1-2/h2,4,9-10,23H,1,3,5-8,22H2;1-2H3/b16-15+;. The second kappa shape index (κ2) is 8.66. The Hall–Kier alpha value is -1.89. The van der Waals surface area contributed by atoms with Crippen LogP contribution in [0.5, 0.6) is 0 Å².